The van der Waals surface area contributed by atoms with Crippen molar-refractivity contribution in [1.29, 1.82) is 0 Å². The monoisotopic (exact) mass is 280 g/mol. The maximum absolute atomic E-state index is 13.4. The van der Waals surface area contributed by atoms with Crippen molar-refractivity contribution in [3.8, 4) is 0 Å². The third-order valence-electron chi connectivity index (χ3n) is 2.60. The molecule has 1 N–H and O–H groups in total. The number of nitro benzene ring substituents is 1. The molecule has 2 rings (SSSR count). The van der Waals surface area contributed by atoms with Crippen molar-refractivity contribution in [3.63, 3.8) is 0 Å². The van der Waals surface area contributed by atoms with Crippen LogP contribution in [-0.2, 0) is 6.54 Å². The molecule has 0 aliphatic carbocycles. The van der Waals surface area contributed by atoms with Crippen molar-refractivity contribution in [1.82, 2.24) is 0 Å². The van der Waals surface area contributed by atoms with Gasteiger partial charge in [0.25, 0.3) is 0 Å². The molecule has 98 valence electrons. The number of hydrogen-bond acceptors (Lipinski definition) is 3. The number of rotatable bonds is 4. The van der Waals surface area contributed by atoms with Gasteiger partial charge < -0.3 is 5.32 Å². The lowest BCUT2D eigenvalue weighted by molar-refractivity contribution is -0.383. The smallest absolute Gasteiger partial charge is 0.310 e. The molecule has 0 saturated carbocycles. The molecule has 0 bridgehead atoms. The standard InChI is InChI=1S/C13H10ClFN2O2/c14-10-5-3-7-12(13(10)17(18)19)16-8-9-4-1-2-6-11(9)15/h1-7,16H,8H2. The van der Waals surface area contributed by atoms with E-state index in [9.17, 15) is 14.5 Å². The van der Waals surface area contributed by atoms with E-state index >= 15 is 0 Å². The number of para-hydroxylation sites is 1. The zero-order valence-corrected chi connectivity index (χ0v) is 10.5. The summed E-state index contributed by atoms with van der Waals surface area (Å²) >= 11 is 5.78. The Labute approximate surface area is 114 Å². The highest BCUT2D eigenvalue weighted by atomic mass is 35.5. The Morgan fingerprint density at radius 1 is 1.21 bits per heavy atom. The molecule has 2 aromatic rings. The molecule has 0 radical (unpaired) electrons. The topological polar surface area (TPSA) is 55.2 Å². The third-order valence-corrected chi connectivity index (χ3v) is 2.90. The number of anilines is 1. The van der Waals surface area contributed by atoms with Gasteiger partial charge in [-0.25, -0.2) is 4.39 Å². The Bertz CT molecular complexity index is 619. The summed E-state index contributed by atoms with van der Waals surface area (Å²) < 4.78 is 13.4. The van der Waals surface area contributed by atoms with Gasteiger partial charge in [-0.2, -0.15) is 0 Å². The normalized spacial score (nSPS) is 10.2. The minimum absolute atomic E-state index is 0.0449. The molecule has 0 aliphatic heterocycles. The van der Waals surface area contributed by atoms with Crippen molar-refractivity contribution < 1.29 is 9.31 Å². The van der Waals surface area contributed by atoms with E-state index in [1.807, 2.05) is 0 Å². The predicted molar refractivity (Wildman–Crippen MR) is 71.8 cm³/mol. The summed E-state index contributed by atoms with van der Waals surface area (Å²) in [6.45, 7) is 0.147. The second-order valence-corrected chi connectivity index (χ2v) is 4.25. The fourth-order valence-corrected chi connectivity index (χ4v) is 1.92. The maximum atomic E-state index is 13.4. The number of benzene rings is 2. The summed E-state index contributed by atoms with van der Waals surface area (Å²) in [5.74, 6) is -0.361. The molecule has 0 amide bonds. The summed E-state index contributed by atoms with van der Waals surface area (Å²) in [5.41, 5.74) is 0.484. The summed E-state index contributed by atoms with van der Waals surface area (Å²) in [6, 6.07) is 10.8. The van der Waals surface area contributed by atoms with Crippen molar-refractivity contribution >= 4 is 23.0 Å². The van der Waals surface area contributed by atoms with Gasteiger partial charge in [0.2, 0.25) is 0 Å². The highest BCUT2D eigenvalue weighted by Crippen LogP contribution is 2.32. The molecule has 0 aliphatic rings. The lowest BCUT2D eigenvalue weighted by atomic mass is 10.2. The van der Waals surface area contributed by atoms with Gasteiger partial charge >= 0.3 is 5.69 Å². The quantitative estimate of drug-likeness (QED) is 0.680. The van der Waals surface area contributed by atoms with Gasteiger partial charge in [-0.1, -0.05) is 35.9 Å². The maximum Gasteiger partial charge on any atom is 0.310 e. The molecule has 0 heterocycles. The Kier molecular flexibility index (Phi) is 3.97. The number of nitrogens with zero attached hydrogens (tertiary/aromatic N) is 1. The lowest BCUT2D eigenvalue weighted by Crippen LogP contribution is -2.04. The van der Waals surface area contributed by atoms with E-state index in [4.69, 9.17) is 11.6 Å². The SMILES string of the molecule is O=[N+]([O-])c1c(Cl)cccc1NCc1ccccc1F. The van der Waals surface area contributed by atoms with Crippen LogP contribution in [0.3, 0.4) is 0 Å². The molecule has 0 unspecified atom stereocenters. The second kappa shape index (κ2) is 5.67. The van der Waals surface area contributed by atoms with Crippen LogP contribution in [0.5, 0.6) is 0 Å². The molecule has 0 aromatic heterocycles. The summed E-state index contributed by atoms with van der Waals surface area (Å²) in [6.07, 6.45) is 0. The number of nitro groups is 1. The molecule has 19 heavy (non-hydrogen) atoms. The van der Waals surface area contributed by atoms with Gasteiger partial charge in [-0.05, 0) is 18.2 Å². The first kappa shape index (κ1) is 13.3. The van der Waals surface area contributed by atoms with E-state index in [1.165, 1.54) is 18.2 Å². The van der Waals surface area contributed by atoms with Crippen LogP contribution in [0.2, 0.25) is 5.02 Å². The Morgan fingerprint density at radius 2 is 1.95 bits per heavy atom. The van der Waals surface area contributed by atoms with E-state index < -0.39 is 4.92 Å². The van der Waals surface area contributed by atoms with Crippen LogP contribution < -0.4 is 5.32 Å². The summed E-state index contributed by atoms with van der Waals surface area (Å²) in [7, 11) is 0. The largest absolute Gasteiger partial charge is 0.375 e. The van der Waals surface area contributed by atoms with Crippen LogP contribution in [0.15, 0.2) is 42.5 Å². The van der Waals surface area contributed by atoms with E-state index in [1.54, 1.807) is 24.3 Å². The highest BCUT2D eigenvalue weighted by Gasteiger charge is 2.18. The van der Waals surface area contributed by atoms with Gasteiger partial charge in [-0.3, -0.25) is 10.1 Å². The van der Waals surface area contributed by atoms with Crippen molar-refractivity contribution in [3.05, 3.63) is 69.0 Å². The van der Waals surface area contributed by atoms with Crippen LogP contribution in [0, 0.1) is 15.9 Å². The van der Waals surface area contributed by atoms with Crippen molar-refractivity contribution in [2.24, 2.45) is 0 Å². The Hall–Kier alpha value is -2.14. The molecule has 0 fully saturated rings. The molecule has 6 heteroatoms. The molecule has 2 aromatic carbocycles. The van der Waals surface area contributed by atoms with Gasteiger partial charge in [0.15, 0.2) is 0 Å². The molecular formula is C13H10ClFN2O2. The summed E-state index contributed by atoms with van der Waals surface area (Å²) in [5, 5.41) is 13.8. The number of halogens is 2. The summed E-state index contributed by atoms with van der Waals surface area (Å²) in [4.78, 5) is 10.4. The fraction of sp³-hybridized carbons (Fsp3) is 0.0769. The van der Waals surface area contributed by atoms with Crippen LogP contribution in [0.1, 0.15) is 5.56 Å². The van der Waals surface area contributed by atoms with Crippen molar-refractivity contribution in [2.45, 2.75) is 6.54 Å². The molecule has 4 nitrogen and oxygen atoms in total. The molecule has 0 spiro atoms. The number of nitrogens with one attached hydrogen (secondary N) is 1. The predicted octanol–water partition coefficient (Wildman–Crippen LogP) is 4.00. The van der Waals surface area contributed by atoms with Gasteiger partial charge in [0.05, 0.1) is 4.92 Å². The van der Waals surface area contributed by atoms with Gasteiger partial charge in [0.1, 0.15) is 16.5 Å². The Balaban J connectivity index is 2.23. The fourth-order valence-electron chi connectivity index (χ4n) is 1.68. The molecule has 0 atom stereocenters. The van der Waals surface area contributed by atoms with E-state index in [2.05, 4.69) is 5.32 Å². The second-order valence-electron chi connectivity index (χ2n) is 3.84. The van der Waals surface area contributed by atoms with Crippen LogP contribution >= 0.6 is 11.6 Å². The first-order chi connectivity index (χ1) is 9.09. The zero-order valence-electron chi connectivity index (χ0n) is 9.77. The van der Waals surface area contributed by atoms with Crippen molar-refractivity contribution in [2.75, 3.05) is 5.32 Å². The van der Waals surface area contributed by atoms with Crippen LogP contribution in [0.25, 0.3) is 0 Å². The first-order valence-corrected chi connectivity index (χ1v) is 5.87. The first-order valence-electron chi connectivity index (χ1n) is 5.50. The van der Waals surface area contributed by atoms with Crippen LogP contribution in [0.4, 0.5) is 15.8 Å². The minimum atomic E-state index is -0.563. The van der Waals surface area contributed by atoms with E-state index in [0.29, 0.717) is 5.56 Å². The molecular weight excluding hydrogens is 271 g/mol. The zero-order chi connectivity index (χ0) is 13.8. The third kappa shape index (κ3) is 3.00. The van der Waals surface area contributed by atoms with E-state index in [-0.39, 0.29) is 28.8 Å². The lowest BCUT2D eigenvalue weighted by Gasteiger charge is -2.08. The number of hydrogen-bond donors (Lipinski definition) is 1. The average Bonchev–Trinajstić information content (AvgIpc) is 2.37. The highest BCUT2D eigenvalue weighted by molar-refractivity contribution is 6.33. The molecule has 0 saturated heterocycles. The minimum Gasteiger partial charge on any atom is -0.375 e. The van der Waals surface area contributed by atoms with Crippen LogP contribution in [-0.4, -0.2) is 4.92 Å². The average molecular weight is 281 g/mol. The van der Waals surface area contributed by atoms with E-state index in [0.717, 1.165) is 0 Å². The van der Waals surface area contributed by atoms with Gasteiger partial charge in [-0.15, -0.1) is 0 Å². The van der Waals surface area contributed by atoms with Gasteiger partial charge in [0, 0.05) is 12.1 Å². The Morgan fingerprint density at radius 3 is 2.63 bits per heavy atom.